The van der Waals surface area contributed by atoms with Gasteiger partial charge in [0, 0.05) is 32.1 Å². The van der Waals surface area contributed by atoms with Crippen LogP contribution in [0.1, 0.15) is 38.5 Å². The Morgan fingerprint density at radius 2 is 1.74 bits per heavy atom. The summed E-state index contributed by atoms with van der Waals surface area (Å²) in [7, 11) is -4.78. The highest BCUT2D eigenvalue weighted by atomic mass is 32.2. The number of nitrogens with zero attached hydrogens (tertiary/aromatic N) is 2. The van der Waals surface area contributed by atoms with E-state index in [0.29, 0.717) is 6.42 Å². The number of sulfonamides is 1. The monoisotopic (exact) mass is 366 g/mol. The minimum absolute atomic E-state index is 0.00466. The van der Waals surface area contributed by atoms with E-state index in [-0.39, 0.29) is 42.5 Å². The molecule has 134 valence electrons. The van der Waals surface area contributed by atoms with Gasteiger partial charge >= 0.3 is 0 Å². The summed E-state index contributed by atoms with van der Waals surface area (Å²) >= 11 is 0. The van der Waals surface area contributed by atoms with Crippen LogP contribution in [0.3, 0.4) is 0 Å². The number of rotatable bonds is 6. The first-order valence-corrected chi connectivity index (χ1v) is 11.7. The smallest absolute Gasteiger partial charge is 0.223 e. The Bertz CT molecular complexity index is 638. The van der Waals surface area contributed by atoms with Crippen molar-refractivity contribution in [3.8, 4) is 0 Å². The van der Waals surface area contributed by atoms with E-state index in [1.165, 1.54) is 15.5 Å². The molecule has 2 fully saturated rings. The molecule has 2 rings (SSSR count). The predicted molar refractivity (Wildman–Crippen MR) is 88.3 cm³/mol. The highest BCUT2D eigenvalue weighted by Gasteiger charge is 2.34. The molecule has 0 aromatic rings. The molecule has 1 saturated carbocycles. The molecule has 0 bridgehead atoms. The van der Waals surface area contributed by atoms with Gasteiger partial charge in [-0.1, -0.05) is 12.8 Å². The van der Waals surface area contributed by atoms with Gasteiger partial charge < -0.3 is 4.90 Å². The van der Waals surface area contributed by atoms with Crippen molar-refractivity contribution in [2.75, 3.05) is 31.4 Å². The first-order valence-electron chi connectivity index (χ1n) is 8.03. The van der Waals surface area contributed by atoms with Gasteiger partial charge in [-0.3, -0.25) is 4.79 Å². The zero-order valence-electron chi connectivity index (χ0n) is 13.8. The van der Waals surface area contributed by atoms with Crippen molar-refractivity contribution in [1.29, 1.82) is 0 Å². The maximum atomic E-state index is 12.3. The molecule has 0 aromatic carbocycles. The lowest BCUT2D eigenvalue weighted by atomic mass is 10.2. The fraction of sp³-hybridized carbons (Fsp3) is 0.929. The summed E-state index contributed by atoms with van der Waals surface area (Å²) < 4.78 is 48.4. The zero-order valence-corrected chi connectivity index (χ0v) is 15.4. The van der Waals surface area contributed by atoms with Crippen LogP contribution in [0.2, 0.25) is 0 Å². The average molecular weight is 367 g/mol. The fourth-order valence-electron chi connectivity index (χ4n) is 3.48. The van der Waals surface area contributed by atoms with Gasteiger partial charge in [-0.05, 0) is 19.3 Å². The molecule has 0 N–H and O–H groups in total. The van der Waals surface area contributed by atoms with Crippen molar-refractivity contribution in [1.82, 2.24) is 9.21 Å². The van der Waals surface area contributed by atoms with Gasteiger partial charge in [-0.15, -0.1) is 0 Å². The summed E-state index contributed by atoms with van der Waals surface area (Å²) in [6, 6.07) is -0.291. The quantitative estimate of drug-likeness (QED) is 0.671. The summed E-state index contributed by atoms with van der Waals surface area (Å²) in [6.07, 6.45) is 5.47. The van der Waals surface area contributed by atoms with Crippen LogP contribution in [0.15, 0.2) is 0 Å². The molecular weight excluding hydrogens is 340 g/mol. The highest BCUT2D eigenvalue weighted by Crippen LogP contribution is 2.25. The van der Waals surface area contributed by atoms with Crippen LogP contribution >= 0.6 is 0 Å². The minimum atomic E-state index is -3.34. The normalized spacial score (nSPS) is 25.1. The van der Waals surface area contributed by atoms with Gasteiger partial charge in [-0.2, -0.15) is 4.31 Å². The number of carbonyl (C=O) groups excluding carboxylic acids is 1. The van der Waals surface area contributed by atoms with Gasteiger partial charge in [0.15, 0.2) is 9.84 Å². The third-order valence-corrected chi connectivity index (χ3v) is 7.94. The predicted octanol–water partition coefficient (Wildman–Crippen LogP) is 0.226. The molecular formula is C14H26N2O5S2. The third-order valence-electron chi connectivity index (χ3n) is 4.85. The van der Waals surface area contributed by atoms with Crippen LogP contribution in [0.4, 0.5) is 0 Å². The van der Waals surface area contributed by atoms with E-state index in [9.17, 15) is 21.6 Å². The van der Waals surface area contributed by atoms with E-state index in [2.05, 4.69) is 0 Å². The largest absolute Gasteiger partial charge is 0.342 e. The van der Waals surface area contributed by atoms with Gasteiger partial charge in [-0.25, -0.2) is 16.8 Å². The lowest BCUT2D eigenvalue weighted by Crippen LogP contribution is -2.43. The fourth-order valence-corrected chi connectivity index (χ4v) is 6.43. The van der Waals surface area contributed by atoms with E-state index >= 15 is 0 Å². The van der Waals surface area contributed by atoms with Crippen LogP contribution in [0.5, 0.6) is 0 Å². The Balaban J connectivity index is 1.93. The molecule has 7 nitrogen and oxygen atoms in total. The molecule has 1 saturated heterocycles. The zero-order chi connectivity index (χ0) is 17.3. The second-order valence-electron chi connectivity index (χ2n) is 6.62. The van der Waals surface area contributed by atoms with E-state index in [1.807, 2.05) is 0 Å². The maximum Gasteiger partial charge on any atom is 0.223 e. The van der Waals surface area contributed by atoms with Crippen molar-refractivity contribution < 1.29 is 21.6 Å². The average Bonchev–Trinajstić information content (AvgIpc) is 3.06. The molecule has 1 aliphatic carbocycles. The Morgan fingerprint density at radius 1 is 1.13 bits per heavy atom. The SMILES string of the molecule is CN(C(=O)CCN(C1CCCC1)S(C)(=O)=O)C1CCS(=O)(=O)C1. The third kappa shape index (κ3) is 4.90. The van der Waals surface area contributed by atoms with Crippen molar-refractivity contribution in [3.63, 3.8) is 0 Å². The number of carbonyl (C=O) groups is 1. The molecule has 0 spiro atoms. The summed E-state index contributed by atoms with van der Waals surface area (Å²) in [5.74, 6) is -0.0701. The van der Waals surface area contributed by atoms with Crippen LogP contribution in [0, 0.1) is 0 Å². The van der Waals surface area contributed by atoms with Crippen LogP contribution < -0.4 is 0 Å². The lowest BCUT2D eigenvalue weighted by molar-refractivity contribution is -0.131. The number of sulfone groups is 1. The summed E-state index contributed by atoms with van der Waals surface area (Å²) in [5, 5.41) is 0. The Kier molecular flexibility index (Phi) is 5.73. The highest BCUT2D eigenvalue weighted by molar-refractivity contribution is 7.91. The van der Waals surface area contributed by atoms with E-state index < -0.39 is 19.9 Å². The maximum absolute atomic E-state index is 12.3. The number of hydrogen-bond donors (Lipinski definition) is 0. The van der Waals surface area contributed by atoms with Crippen LogP contribution in [-0.4, -0.2) is 75.4 Å². The van der Waals surface area contributed by atoms with Crippen LogP contribution in [-0.2, 0) is 24.7 Å². The second kappa shape index (κ2) is 7.06. The van der Waals surface area contributed by atoms with Gasteiger partial charge in [0.05, 0.1) is 17.8 Å². The van der Waals surface area contributed by atoms with Crippen molar-refractivity contribution in [2.45, 2.75) is 50.6 Å². The molecule has 1 atom stereocenters. The Hall–Kier alpha value is -0.670. The molecule has 23 heavy (non-hydrogen) atoms. The molecule has 0 aromatic heterocycles. The van der Waals surface area contributed by atoms with Crippen molar-refractivity contribution in [2.24, 2.45) is 0 Å². The first kappa shape index (κ1) is 18.7. The molecule has 1 aliphatic heterocycles. The summed E-state index contributed by atoms with van der Waals surface area (Å²) in [6.45, 7) is 0.173. The minimum Gasteiger partial charge on any atom is -0.342 e. The van der Waals surface area contributed by atoms with Gasteiger partial charge in [0.1, 0.15) is 0 Å². The Morgan fingerprint density at radius 3 is 2.22 bits per heavy atom. The molecule has 1 heterocycles. The first-order chi connectivity index (χ1) is 10.6. The molecule has 9 heteroatoms. The van der Waals surface area contributed by atoms with Gasteiger partial charge in [0.25, 0.3) is 0 Å². The topological polar surface area (TPSA) is 91.8 Å². The summed E-state index contributed by atoms with van der Waals surface area (Å²) in [5.41, 5.74) is 0. The molecule has 1 unspecified atom stereocenters. The molecule has 0 radical (unpaired) electrons. The second-order valence-corrected chi connectivity index (χ2v) is 10.8. The van der Waals surface area contributed by atoms with Crippen molar-refractivity contribution in [3.05, 3.63) is 0 Å². The molecule has 1 amide bonds. The van der Waals surface area contributed by atoms with Crippen molar-refractivity contribution >= 4 is 25.8 Å². The van der Waals surface area contributed by atoms with Gasteiger partial charge in [0.2, 0.25) is 15.9 Å². The van der Waals surface area contributed by atoms with E-state index in [1.54, 1.807) is 7.05 Å². The van der Waals surface area contributed by atoms with E-state index in [0.717, 1.165) is 25.7 Å². The lowest BCUT2D eigenvalue weighted by Gasteiger charge is -2.28. The summed E-state index contributed by atoms with van der Waals surface area (Å²) in [4.78, 5) is 13.8. The number of amides is 1. The van der Waals surface area contributed by atoms with E-state index in [4.69, 9.17) is 0 Å². The standard InChI is InChI=1S/C14H26N2O5S2/c1-15(13-8-10-23(20,21)11-13)14(17)7-9-16(22(2,18)19)12-5-3-4-6-12/h12-13H,3-11H2,1-2H3. The number of hydrogen-bond acceptors (Lipinski definition) is 5. The molecule has 2 aliphatic rings. The van der Waals surface area contributed by atoms with Crippen LogP contribution in [0.25, 0.3) is 0 Å². The Labute approximate surface area is 139 Å².